The predicted octanol–water partition coefficient (Wildman–Crippen LogP) is 3.14. The molecule has 0 bridgehead atoms. The van der Waals surface area contributed by atoms with E-state index in [1.165, 1.54) is 0 Å². The number of alkyl halides is 2. The summed E-state index contributed by atoms with van der Waals surface area (Å²) in [5.41, 5.74) is 4.13. The zero-order valence-corrected chi connectivity index (χ0v) is 17.6. The molecule has 3 aromatic heterocycles. The van der Waals surface area contributed by atoms with Crippen molar-refractivity contribution in [2.45, 2.75) is 18.6 Å². The van der Waals surface area contributed by atoms with E-state index in [0.29, 0.717) is 24.4 Å². The molecule has 5 rings (SSSR count). The number of piperidine rings is 1. The van der Waals surface area contributed by atoms with Crippen LogP contribution in [0.4, 0.5) is 14.7 Å². The van der Waals surface area contributed by atoms with Crippen molar-refractivity contribution in [1.29, 1.82) is 0 Å². The average molecular weight is 439 g/mol. The maximum Gasteiger partial charge on any atom is 0.244 e. The highest BCUT2D eigenvalue weighted by molar-refractivity contribution is 5.89. The summed E-state index contributed by atoms with van der Waals surface area (Å²) in [7, 11) is 1.54. The average Bonchev–Trinajstić information content (AvgIpc) is 3.24. The molecule has 0 saturated carbocycles. The molecule has 32 heavy (non-hydrogen) atoms. The number of anilines is 1. The van der Waals surface area contributed by atoms with Crippen molar-refractivity contribution in [2.75, 3.05) is 38.7 Å². The fraction of sp³-hybridized carbons (Fsp3) is 0.364. The molecule has 166 valence electrons. The molecule has 4 aromatic rings. The van der Waals surface area contributed by atoms with Gasteiger partial charge in [-0.15, -0.1) is 5.10 Å². The van der Waals surface area contributed by atoms with Gasteiger partial charge in [-0.1, -0.05) is 6.07 Å². The molecular weight excluding hydrogens is 416 g/mol. The first-order valence-corrected chi connectivity index (χ1v) is 10.5. The van der Waals surface area contributed by atoms with Gasteiger partial charge in [0.25, 0.3) is 0 Å². The van der Waals surface area contributed by atoms with Crippen molar-refractivity contribution in [1.82, 2.24) is 29.5 Å². The SMILES string of the molecule is COc1nc(N[C@H]2CCN(CCF)C[C@H]2F)nn2ccc(-c3ccc4nccnc4c3)c12. The fourth-order valence-electron chi connectivity index (χ4n) is 4.18. The van der Waals surface area contributed by atoms with E-state index >= 15 is 0 Å². The molecule has 2 atom stereocenters. The maximum atomic E-state index is 14.6. The van der Waals surface area contributed by atoms with Gasteiger partial charge in [0.1, 0.15) is 18.4 Å². The van der Waals surface area contributed by atoms with Crippen LogP contribution in [0.15, 0.2) is 42.9 Å². The van der Waals surface area contributed by atoms with Crippen LogP contribution < -0.4 is 10.1 Å². The minimum atomic E-state index is -1.14. The van der Waals surface area contributed by atoms with Gasteiger partial charge in [-0.25, -0.2) is 13.3 Å². The number of fused-ring (bicyclic) bond motifs is 2. The molecule has 1 saturated heterocycles. The normalized spacial score (nSPS) is 19.5. The molecule has 4 heterocycles. The summed E-state index contributed by atoms with van der Waals surface area (Å²) in [6.45, 7) is 0.608. The van der Waals surface area contributed by atoms with E-state index in [1.54, 1.807) is 28.9 Å². The van der Waals surface area contributed by atoms with Crippen LogP contribution in [0, 0.1) is 0 Å². The minimum absolute atomic E-state index is 0.194. The number of hydrogen-bond acceptors (Lipinski definition) is 7. The van der Waals surface area contributed by atoms with Crippen molar-refractivity contribution >= 4 is 22.5 Å². The van der Waals surface area contributed by atoms with Crippen molar-refractivity contribution < 1.29 is 13.5 Å². The molecular formula is C22H23F2N7O. The maximum absolute atomic E-state index is 14.6. The summed E-state index contributed by atoms with van der Waals surface area (Å²) < 4.78 is 34.4. The predicted molar refractivity (Wildman–Crippen MR) is 117 cm³/mol. The fourth-order valence-corrected chi connectivity index (χ4v) is 4.18. The second-order valence-corrected chi connectivity index (χ2v) is 7.77. The molecule has 1 N–H and O–H groups in total. The zero-order chi connectivity index (χ0) is 22.1. The van der Waals surface area contributed by atoms with Gasteiger partial charge in [-0.05, 0) is 30.2 Å². The van der Waals surface area contributed by atoms with Crippen LogP contribution in [0.2, 0.25) is 0 Å². The first-order chi connectivity index (χ1) is 15.7. The van der Waals surface area contributed by atoms with Gasteiger partial charge in [0.15, 0.2) is 0 Å². The number of likely N-dealkylation sites (tertiary alicyclic amines) is 1. The first-order valence-electron chi connectivity index (χ1n) is 10.5. The molecule has 1 aliphatic rings. The van der Waals surface area contributed by atoms with E-state index in [9.17, 15) is 8.78 Å². The molecule has 0 unspecified atom stereocenters. The summed E-state index contributed by atoms with van der Waals surface area (Å²) in [5.74, 6) is 0.666. The summed E-state index contributed by atoms with van der Waals surface area (Å²) in [6.07, 6.45) is 4.54. The molecule has 0 amide bonds. The third-order valence-corrected chi connectivity index (χ3v) is 5.79. The van der Waals surface area contributed by atoms with Crippen LogP contribution in [0.5, 0.6) is 5.88 Å². The topological polar surface area (TPSA) is 80.5 Å². The molecule has 1 aromatic carbocycles. The minimum Gasteiger partial charge on any atom is -0.479 e. The molecule has 0 spiro atoms. The Morgan fingerprint density at radius 2 is 2.03 bits per heavy atom. The number of aromatic nitrogens is 5. The Balaban J connectivity index is 1.45. The van der Waals surface area contributed by atoms with Crippen LogP contribution >= 0.6 is 0 Å². The summed E-state index contributed by atoms with van der Waals surface area (Å²) in [5, 5.41) is 7.62. The molecule has 0 aliphatic carbocycles. The number of ether oxygens (including phenoxy) is 1. The number of halogens is 2. The van der Waals surface area contributed by atoms with Gasteiger partial charge in [0, 0.05) is 43.8 Å². The van der Waals surface area contributed by atoms with E-state index in [4.69, 9.17) is 4.74 Å². The highest BCUT2D eigenvalue weighted by Gasteiger charge is 2.30. The summed E-state index contributed by atoms with van der Waals surface area (Å²) in [4.78, 5) is 15.0. The number of nitrogens with zero attached hydrogens (tertiary/aromatic N) is 6. The van der Waals surface area contributed by atoms with Crippen LogP contribution in [-0.2, 0) is 0 Å². The molecule has 1 fully saturated rings. The lowest BCUT2D eigenvalue weighted by molar-refractivity contribution is 0.120. The number of nitrogens with one attached hydrogen (secondary N) is 1. The lowest BCUT2D eigenvalue weighted by Crippen LogP contribution is -2.48. The highest BCUT2D eigenvalue weighted by atomic mass is 19.1. The van der Waals surface area contributed by atoms with Gasteiger partial charge in [-0.3, -0.25) is 14.9 Å². The smallest absolute Gasteiger partial charge is 0.244 e. The highest BCUT2D eigenvalue weighted by Crippen LogP contribution is 2.32. The van der Waals surface area contributed by atoms with Gasteiger partial charge in [0.2, 0.25) is 11.8 Å². The van der Waals surface area contributed by atoms with E-state index in [0.717, 1.165) is 22.2 Å². The lowest BCUT2D eigenvalue weighted by Gasteiger charge is -2.34. The number of methoxy groups -OCH3 is 1. The standard InChI is InChI=1S/C22H23F2N7O/c1-32-21-20-15(14-2-3-18-19(12-14)26-8-7-25-18)4-10-31(20)29-22(28-21)27-17-5-9-30(11-6-23)13-16(17)24/h2-4,7-8,10,12,16-17H,5-6,9,11,13H2,1H3,(H,27,29)/t16-,17+/m1/s1. The van der Waals surface area contributed by atoms with Gasteiger partial charge < -0.3 is 10.1 Å². The van der Waals surface area contributed by atoms with E-state index < -0.39 is 18.9 Å². The van der Waals surface area contributed by atoms with Gasteiger partial charge >= 0.3 is 0 Å². The Morgan fingerprint density at radius 1 is 1.19 bits per heavy atom. The van der Waals surface area contributed by atoms with Crippen LogP contribution in [-0.4, -0.2) is 75.1 Å². The van der Waals surface area contributed by atoms with E-state index in [2.05, 4.69) is 25.4 Å². The van der Waals surface area contributed by atoms with Gasteiger partial charge in [0.05, 0.1) is 24.2 Å². The molecule has 0 radical (unpaired) electrons. The van der Waals surface area contributed by atoms with Crippen LogP contribution in [0.25, 0.3) is 27.7 Å². The van der Waals surface area contributed by atoms with Crippen molar-refractivity contribution in [3.05, 3.63) is 42.9 Å². The summed E-state index contributed by atoms with van der Waals surface area (Å²) >= 11 is 0. The lowest BCUT2D eigenvalue weighted by atomic mass is 10.0. The summed E-state index contributed by atoms with van der Waals surface area (Å²) in [6, 6.07) is 7.34. The zero-order valence-electron chi connectivity index (χ0n) is 17.6. The number of rotatable bonds is 6. The third kappa shape index (κ3) is 3.81. The van der Waals surface area contributed by atoms with E-state index in [1.807, 2.05) is 30.5 Å². The Bertz CT molecular complexity index is 1250. The monoisotopic (exact) mass is 439 g/mol. The molecule has 8 nitrogen and oxygen atoms in total. The van der Waals surface area contributed by atoms with Crippen LogP contribution in [0.3, 0.4) is 0 Å². The van der Waals surface area contributed by atoms with Crippen LogP contribution in [0.1, 0.15) is 6.42 Å². The Morgan fingerprint density at radius 3 is 2.81 bits per heavy atom. The largest absolute Gasteiger partial charge is 0.479 e. The Kier molecular flexibility index (Phi) is 5.52. The number of benzene rings is 1. The first kappa shape index (κ1) is 20.5. The van der Waals surface area contributed by atoms with Crippen molar-refractivity contribution in [2.24, 2.45) is 0 Å². The third-order valence-electron chi connectivity index (χ3n) is 5.79. The van der Waals surface area contributed by atoms with E-state index in [-0.39, 0.29) is 19.0 Å². The Labute approximate surface area is 183 Å². The second-order valence-electron chi connectivity index (χ2n) is 7.77. The van der Waals surface area contributed by atoms with Crippen molar-refractivity contribution in [3.63, 3.8) is 0 Å². The molecule has 10 heteroatoms. The van der Waals surface area contributed by atoms with Gasteiger partial charge in [-0.2, -0.15) is 4.98 Å². The van der Waals surface area contributed by atoms with Crippen molar-refractivity contribution in [3.8, 4) is 17.0 Å². The molecule has 1 aliphatic heterocycles. The second kappa shape index (κ2) is 8.62. The quantitative estimate of drug-likeness (QED) is 0.494. The Hall–Kier alpha value is -3.40. The number of hydrogen-bond donors (Lipinski definition) is 1.